The second-order valence-electron chi connectivity index (χ2n) is 8.87. The molecule has 1 aromatic carbocycles. The van der Waals surface area contributed by atoms with Crippen molar-refractivity contribution in [1.29, 1.82) is 0 Å². The van der Waals surface area contributed by atoms with Crippen molar-refractivity contribution in [3.05, 3.63) is 70.7 Å². The molecule has 5 rings (SSSR count). The van der Waals surface area contributed by atoms with Crippen LogP contribution in [0.4, 0.5) is 8.78 Å². The standard InChI is InChI=1S/C24H26F2N4.C2H5NO.C2H6/c25-19-7-6-17(21(26)10-19)14-30-15-18(13-29-8-2-1-3-9-29)20-11-22(28-12-23(20)30)24(27)16-4-5-16;1-3-2-4;1-2/h6-7,10-12,15H,1-5,8-9,13-14,27H2;2H,1H3,(H,3,4);1-2H3. The van der Waals surface area contributed by atoms with Gasteiger partial charge in [0.05, 0.1) is 29.6 Å². The van der Waals surface area contributed by atoms with Crippen LogP contribution in [0.1, 0.15) is 62.8 Å². The number of halogens is 2. The first kappa shape index (κ1) is 27.3. The number of pyridine rings is 1. The highest BCUT2D eigenvalue weighted by Gasteiger charge is 2.20. The predicted octanol–water partition coefficient (Wildman–Crippen LogP) is 5.20. The number of piperidine rings is 1. The normalized spacial score (nSPS) is 14.9. The topological polar surface area (TPSA) is 76.2 Å². The molecule has 2 aromatic heterocycles. The molecule has 3 aromatic rings. The molecule has 0 unspecified atom stereocenters. The molecule has 3 heterocycles. The number of aromatic nitrogens is 2. The van der Waals surface area contributed by atoms with E-state index in [1.54, 1.807) is 7.05 Å². The van der Waals surface area contributed by atoms with Crippen LogP contribution in [0.25, 0.3) is 16.6 Å². The van der Waals surface area contributed by atoms with Crippen molar-refractivity contribution in [2.24, 2.45) is 5.73 Å². The van der Waals surface area contributed by atoms with Crippen molar-refractivity contribution in [3.63, 3.8) is 0 Å². The number of nitrogens with two attached hydrogens (primary N) is 1. The van der Waals surface area contributed by atoms with Crippen LogP contribution in [-0.2, 0) is 17.9 Å². The molecule has 8 heteroatoms. The molecule has 2 aliphatic rings. The third-order valence-electron chi connectivity index (χ3n) is 6.32. The van der Waals surface area contributed by atoms with E-state index in [-0.39, 0.29) is 0 Å². The van der Waals surface area contributed by atoms with Crippen LogP contribution in [0.3, 0.4) is 0 Å². The molecule has 2 fully saturated rings. The average molecular weight is 498 g/mol. The zero-order valence-corrected chi connectivity index (χ0v) is 21.5. The molecule has 1 aliphatic heterocycles. The third kappa shape index (κ3) is 6.91. The zero-order valence-electron chi connectivity index (χ0n) is 21.5. The Morgan fingerprint density at radius 2 is 1.78 bits per heavy atom. The van der Waals surface area contributed by atoms with Crippen molar-refractivity contribution >= 4 is 23.0 Å². The van der Waals surface area contributed by atoms with Gasteiger partial charge in [0.15, 0.2) is 0 Å². The first-order valence-electron chi connectivity index (χ1n) is 12.7. The number of fused-ring (bicyclic) bond motifs is 1. The maximum atomic E-state index is 14.3. The minimum atomic E-state index is -0.561. The maximum absolute atomic E-state index is 14.3. The number of nitrogens with zero attached hydrogens (tertiary/aromatic N) is 3. The Morgan fingerprint density at radius 1 is 1.08 bits per heavy atom. The quantitative estimate of drug-likeness (QED) is 0.459. The highest BCUT2D eigenvalue weighted by molar-refractivity contribution is 5.86. The molecule has 194 valence electrons. The van der Waals surface area contributed by atoms with E-state index >= 15 is 0 Å². The van der Waals surface area contributed by atoms with Gasteiger partial charge < -0.3 is 15.6 Å². The monoisotopic (exact) mass is 497 g/mol. The van der Waals surface area contributed by atoms with Crippen molar-refractivity contribution < 1.29 is 13.6 Å². The lowest BCUT2D eigenvalue weighted by Gasteiger charge is -2.26. The molecular weight excluding hydrogens is 460 g/mol. The largest absolute Gasteiger partial charge is 0.397 e. The molecule has 1 amide bonds. The van der Waals surface area contributed by atoms with Crippen LogP contribution >= 0.6 is 0 Å². The summed E-state index contributed by atoms with van der Waals surface area (Å²) in [6.45, 7) is 7.39. The molecule has 0 bridgehead atoms. The smallest absolute Gasteiger partial charge is 0.206 e. The highest BCUT2D eigenvalue weighted by Crippen LogP contribution is 2.34. The Bertz CT molecular complexity index is 1190. The lowest BCUT2D eigenvalue weighted by atomic mass is 10.1. The predicted molar refractivity (Wildman–Crippen MR) is 141 cm³/mol. The van der Waals surface area contributed by atoms with Crippen molar-refractivity contribution in [1.82, 2.24) is 19.8 Å². The molecule has 0 spiro atoms. The van der Waals surface area contributed by atoms with E-state index in [4.69, 9.17) is 10.5 Å². The van der Waals surface area contributed by atoms with Gasteiger partial charge in [-0.2, -0.15) is 0 Å². The van der Waals surface area contributed by atoms with Gasteiger partial charge in [0.25, 0.3) is 0 Å². The molecule has 0 radical (unpaired) electrons. The first-order valence-corrected chi connectivity index (χ1v) is 12.7. The fourth-order valence-corrected chi connectivity index (χ4v) is 4.37. The molecular formula is C28H37F2N5O. The number of likely N-dealkylation sites (tertiary alicyclic amines) is 1. The number of carbonyl (C=O) groups excluding carboxylic acids is 1. The van der Waals surface area contributed by atoms with Crippen molar-refractivity contribution in [3.8, 4) is 0 Å². The van der Waals surface area contributed by atoms with Gasteiger partial charge in [0.1, 0.15) is 11.6 Å². The Kier molecular flexibility index (Phi) is 9.99. The van der Waals surface area contributed by atoms with Gasteiger partial charge in [-0.05, 0) is 62.0 Å². The van der Waals surface area contributed by atoms with Gasteiger partial charge in [-0.1, -0.05) is 26.3 Å². The van der Waals surface area contributed by atoms with Gasteiger partial charge in [-0.3, -0.25) is 14.7 Å². The van der Waals surface area contributed by atoms with Crippen LogP contribution in [0.15, 0.2) is 42.2 Å². The van der Waals surface area contributed by atoms with Crippen LogP contribution in [-0.4, -0.2) is 41.0 Å². The van der Waals surface area contributed by atoms with E-state index in [2.05, 4.69) is 27.5 Å². The van der Waals surface area contributed by atoms with Gasteiger partial charge >= 0.3 is 0 Å². The molecule has 1 saturated carbocycles. The van der Waals surface area contributed by atoms with Crippen LogP contribution in [0.5, 0.6) is 0 Å². The minimum absolute atomic E-state index is 0.334. The number of allylic oxidation sites excluding steroid dienone is 1. The number of nitrogens with one attached hydrogen (secondary N) is 1. The maximum Gasteiger partial charge on any atom is 0.206 e. The summed E-state index contributed by atoms with van der Waals surface area (Å²) in [4.78, 5) is 16.1. The lowest BCUT2D eigenvalue weighted by molar-refractivity contribution is -0.109. The Morgan fingerprint density at radius 3 is 2.39 bits per heavy atom. The Labute approximate surface area is 212 Å². The molecule has 6 nitrogen and oxygen atoms in total. The number of hydrogen-bond acceptors (Lipinski definition) is 4. The van der Waals surface area contributed by atoms with Gasteiger partial charge in [0, 0.05) is 36.8 Å². The van der Waals surface area contributed by atoms with Gasteiger partial charge in [0.2, 0.25) is 6.41 Å². The zero-order chi connectivity index (χ0) is 26.1. The van der Waals surface area contributed by atoms with E-state index in [0.717, 1.165) is 60.8 Å². The summed E-state index contributed by atoms with van der Waals surface area (Å²) in [6, 6.07) is 5.83. The molecule has 1 aliphatic carbocycles. The first-order chi connectivity index (χ1) is 17.5. The van der Waals surface area contributed by atoms with E-state index in [9.17, 15) is 8.78 Å². The molecule has 1 saturated heterocycles. The van der Waals surface area contributed by atoms with Crippen molar-refractivity contribution in [2.45, 2.75) is 59.0 Å². The minimum Gasteiger partial charge on any atom is -0.397 e. The number of carbonyl (C=O) groups is 1. The summed E-state index contributed by atoms with van der Waals surface area (Å²) in [5.41, 5.74) is 11.8. The molecule has 0 atom stereocenters. The average Bonchev–Trinajstić information content (AvgIpc) is 3.71. The van der Waals surface area contributed by atoms with E-state index < -0.39 is 11.6 Å². The van der Waals surface area contributed by atoms with Gasteiger partial charge in [-0.25, -0.2) is 8.78 Å². The number of amides is 1. The van der Waals surface area contributed by atoms with Crippen LogP contribution < -0.4 is 11.1 Å². The summed E-state index contributed by atoms with van der Waals surface area (Å²) in [7, 11) is 1.56. The third-order valence-corrected chi connectivity index (χ3v) is 6.32. The summed E-state index contributed by atoms with van der Waals surface area (Å²) < 4.78 is 29.6. The molecule has 3 N–H and O–H groups in total. The van der Waals surface area contributed by atoms with E-state index in [1.807, 2.05) is 24.6 Å². The second-order valence-corrected chi connectivity index (χ2v) is 8.87. The second kappa shape index (κ2) is 13.2. The van der Waals surface area contributed by atoms with Crippen LogP contribution in [0, 0.1) is 11.6 Å². The summed E-state index contributed by atoms with van der Waals surface area (Å²) in [5, 5.41) is 3.36. The van der Waals surface area contributed by atoms with Crippen molar-refractivity contribution in [2.75, 3.05) is 20.1 Å². The highest BCUT2D eigenvalue weighted by atomic mass is 19.1. The number of benzene rings is 1. The fraction of sp³-hybridized carbons (Fsp3) is 0.429. The van der Waals surface area contributed by atoms with E-state index in [0.29, 0.717) is 18.5 Å². The summed E-state index contributed by atoms with van der Waals surface area (Å²) >= 11 is 0. The Balaban J connectivity index is 0.000000550. The Hall–Kier alpha value is -3.26. The van der Waals surface area contributed by atoms with E-state index in [1.165, 1.54) is 42.5 Å². The number of hydrogen-bond donors (Lipinski definition) is 2. The van der Waals surface area contributed by atoms with Crippen LogP contribution in [0.2, 0.25) is 0 Å². The fourth-order valence-electron chi connectivity index (χ4n) is 4.37. The SMILES string of the molecule is CC.CNC=O.NC(=C1CC1)c1cc2c(CN3CCCCC3)cn(Cc3ccc(F)cc3F)c2cn1. The molecule has 36 heavy (non-hydrogen) atoms. The number of rotatable bonds is 6. The summed E-state index contributed by atoms with van der Waals surface area (Å²) in [6.07, 6.45) is 10.4. The summed E-state index contributed by atoms with van der Waals surface area (Å²) in [5.74, 6) is -1.09. The lowest BCUT2D eigenvalue weighted by Crippen LogP contribution is -2.29. The van der Waals surface area contributed by atoms with Gasteiger partial charge in [-0.15, -0.1) is 0 Å².